The Morgan fingerprint density at radius 1 is 1.41 bits per heavy atom. The molecule has 1 unspecified atom stereocenters. The van der Waals surface area contributed by atoms with E-state index in [4.69, 9.17) is 14.7 Å². The summed E-state index contributed by atoms with van der Waals surface area (Å²) in [4.78, 5) is 0. The molecule has 0 fully saturated rings. The zero-order chi connectivity index (χ0) is 12.7. The molecule has 1 rings (SSSR count). The number of nitrogens with zero attached hydrogens (tertiary/aromatic N) is 1. The number of hydrogen-bond donors (Lipinski definition) is 1. The average Bonchev–Trinajstić information content (AvgIpc) is 2.36. The first-order valence-corrected chi connectivity index (χ1v) is 5.62. The van der Waals surface area contributed by atoms with Gasteiger partial charge in [-0.2, -0.15) is 5.26 Å². The Morgan fingerprint density at radius 3 is 2.71 bits per heavy atom. The molecule has 1 aromatic rings. The standard InChI is InChI=1S/C13H18N2O2/c1-4-11(8-14)17-13-7-10(9-15-2)5-6-12(13)16-3/h5-7,11,15H,4,9H2,1-3H3. The van der Waals surface area contributed by atoms with Gasteiger partial charge in [-0.15, -0.1) is 0 Å². The summed E-state index contributed by atoms with van der Waals surface area (Å²) in [5.74, 6) is 1.27. The van der Waals surface area contributed by atoms with Crippen LogP contribution in [0.25, 0.3) is 0 Å². The Bertz CT molecular complexity index is 399. The van der Waals surface area contributed by atoms with Crippen molar-refractivity contribution in [2.45, 2.75) is 26.0 Å². The first-order chi connectivity index (χ1) is 8.24. The largest absolute Gasteiger partial charge is 0.493 e. The summed E-state index contributed by atoms with van der Waals surface area (Å²) < 4.78 is 10.8. The first kappa shape index (κ1) is 13.3. The molecular weight excluding hydrogens is 216 g/mol. The highest BCUT2D eigenvalue weighted by molar-refractivity contribution is 5.43. The fraction of sp³-hybridized carbons (Fsp3) is 0.462. The fourth-order valence-corrected chi connectivity index (χ4v) is 1.48. The van der Waals surface area contributed by atoms with Crippen molar-refractivity contribution in [3.63, 3.8) is 0 Å². The Hall–Kier alpha value is -1.73. The second-order valence-corrected chi connectivity index (χ2v) is 3.66. The fourth-order valence-electron chi connectivity index (χ4n) is 1.48. The Kier molecular flexibility index (Phi) is 5.31. The first-order valence-electron chi connectivity index (χ1n) is 5.62. The molecule has 92 valence electrons. The van der Waals surface area contributed by atoms with Gasteiger partial charge in [0.1, 0.15) is 6.07 Å². The predicted molar refractivity (Wildman–Crippen MR) is 66.1 cm³/mol. The van der Waals surface area contributed by atoms with Gasteiger partial charge in [-0.05, 0) is 31.2 Å². The summed E-state index contributed by atoms with van der Waals surface area (Å²) in [5, 5.41) is 12.0. The number of ether oxygens (including phenoxy) is 2. The van der Waals surface area contributed by atoms with Crippen molar-refractivity contribution >= 4 is 0 Å². The van der Waals surface area contributed by atoms with E-state index in [0.29, 0.717) is 17.9 Å². The van der Waals surface area contributed by atoms with Gasteiger partial charge in [0.05, 0.1) is 7.11 Å². The van der Waals surface area contributed by atoms with E-state index in [2.05, 4.69) is 11.4 Å². The molecule has 0 heterocycles. The maximum atomic E-state index is 8.90. The lowest BCUT2D eigenvalue weighted by molar-refractivity contribution is 0.238. The van der Waals surface area contributed by atoms with Crippen molar-refractivity contribution in [1.82, 2.24) is 5.32 Å². The zero-order valence-electron chi connectivity index (χ0n) is 10.5. The molecule has 1 aromatic carbocycles. The molecule has 1 atom stereocenters. The van der Waals surface area contributed by atoms with Crippen LogP contribution in [0.4, 0.5) is 0 Å². The topological polar surface area (TPSA) is 54.3 Å². The van der Waals surface area contributed by atoms with Crippen molar-refractivity contribution in [2.24, 2.45) is 0 Å². The van der Waals surface area contributed by atoms with Crippen LogP contribution >= 0.6 is 0 Å². The maximum Gasteiger partial charge on any atom is 0.184 e. The van der Waals surface area contributed by atoms with E-state index in [1.807, 2.05) is 32.2 Å². The molecule has 0 aliphatic carbocycles. The summed E-state index contributed by atoms with van der Waals surface area (Å²) in [6.45, 7) is 2.67. The minimum absolute atomic E-state index is 0.436. The van der Waals surface area contributed by atoms with Crippen molar-refractivity contribution in [1.29, 1.82) is 5.26 Å². The summed E-state index contributed by atoms with van der Waals surface area (Å²) in [7, 11) is 3.47. The van der Waals surface area contributed by atoms with Crippen LogP contribution in [-0.4, -0.2) is 20.3 Å². The van der Waals surface area contributed by atoms with Crippen LogP contribution in [0.5, 0.6) is 11.5 Å². The van der Waals surface area contributed by atoms with Crippen molar-refractivity contribution in [3.05, 3.63) is 23.8 Å². The van der Waals surface area contributed by atoms with Crippen LogP contribution in [0.2, 0.25) is 0 Å². The molecule has 0 amide bonds. The molecule has 0 spiro atoms. The van der Waals surface area contributed by atoms with Gasteiger partial charge in [-0.25, -0.2) is 0 Å². The maximum absolute atomic E-state index is 8.90. The number of hydrogen-bond acceptors (Lipinski definition) is 4. The summed E-state index contributed by atoms with van der Waals surface area (Å²) in [6, 6.07) is 7.83. The van der Waals surface area contributed by atoms with Gasteiger partial charge in [0.25, 0.3) is 0 Å². The molecule has 0 saturated heterocycles. The molecule has 1 N–H and O–H groups in total. The Labute approximate surface area is 102 Å². The van der Waals surface area contributed by atoms with Gasteiger partial charge in [-0.3, -0.25) is 0 Å². The van der Waals surface area contributed by atoms with E-state index in [-0.39, 0.29) is 0 Å². The van der Waals surface area contributed by atoms with Gasteiger partial charge >= 0.3 is 0 Å². The third-order valence-electron chi connectivity index (χ3n) is 2.39. The molecule has 0 aliphatic rings. The minimum atomic E-state index is -0.436. The Balaban J connectivity index is 2.93. The summed E-state index contributed by atoms with van der Waals surface area (Å²) in [6.07, 6.45) is 0.212. The Morgan fingerprint density at radius 2 is 2.18 bits per heavy atom. The molecular formula is C13H18N2O2. The normalized spacial score (nSPS) is 11.6. The number of benzene rings is 1. The van der Waals surface area contributed by atoms with Crippen LogP contribution in [0.3, 0.4) is 0 Å². The second-order valence-electron chi connectivity index (χ2n) is 3.66. The molecule has 4 heteroatoms. The SMILES string of the molecule is CCC(C#N)Oc1cc(CNC)ccc1OC. The van der Waals surface area contributed by atoms with E-state index < -0.39 is 6.10 Å². The monoisotopic (exact) mass is 234 g/mol. The van der Waals surface area contributed by atoms with E-state index in [1.165, 1.54) is 0 Å². The smallest absolute Gasteiger partial charge is 0.184 e. The quantitative estimate of drug-likeness (QED) is 0.819. The van der Waals surface area contributed by atoms with Gasteiger partial charge in [0.2, 0.25) is 0 Å². The zero-order valence-corrected chi connectivity index (χ0v) is 10.5. The van der Waals surface area contributed by atoms with E-state index in [9.17, 15) is 0 Å². The average molecular weight is 234 g/mol. The van der Waals surface area contributed by atoms with Gasteiger partial charge < -0.3 is 14.8 Å². The highest BCUT2D eigenvalue weighted by atomic mass is 16.5. The molecule has 0 radical (unpaired) electrons. The lowest BCUT2D eigenvalue weighted by Crippen LogP contribution is -2.13. The molecule has 4 nitrogen and oxygen atoms in total. The van der Waals surface area contributed by atoms with Crippen molar-refractivity contribution < 1.29 is 9.47 Å². The number of rotatable bonds is 6. The molecule has 0 aromatic heterocycles. The van der Waals surface area contributed by atoms with Gasteiger partial charge in [0, 0.05) is 6.54 Å². The van der Waals surface area contributed by atoms with Crippen LogP contribution in [0, 0.1) is 11.3 Å². The third-order valence-corrected chi connectivity index (χ3v) is 2.39. The lowest BCUT2D eigenvalue weighted by Gasteiger charge is -2.14. The molecule has 0 bridgehead atoms. The molecule has 17 heavy (non-hydrogen) atoms. The van der Waals surface area contributed by atoms with Crippen LogP contribution < -0.4 is 14.8 Å². The third kappa shape index (κ3) is 3.65. The number of nitrogens with one attached hydrogen (secondary N) is 1. The highest BCUT2D eigenvalue weighted by Gasteiger charge is 2.11. The number of methoxy groups -OCH3 is 1. The summed E-state index contributed by atoms with van der Waals surface area (Å²) in [5.41, 5.74) is 1.09. The number of nitriles is 1. The minimum Gasteiger partial charge on any atom is -0.493 e. The predicted octanol–water partition coefficient (Wildman–Crippen LogP) is 2.10. The van der Waals surface area contributed by atoms with E-state index >= 15 is 0 Å². The van der Waals surface area contributed by atoms with Crippen molar-refractivity contribution in [3.8, 4) is 17.6 Å². The van der Waals surface area contributed by atoms with Crippen molar-refractivity contribution in [2.75, 3.05) is 14.2 Å². The van der Waals surface area contributed by atoms with E-state index in [1.54, 1.807) is 7.11 Å². The highest BCUT2D eigenvalue weighted by Crippen LogP contribution is 2.29. The second kappa shape index (κ2) is 6.77. The van der Waals surface area contributed by atoms with E-state index in [0.717, 1.165) is 12.1 Å². The molecule has 0 saturated carbocycles. The van der Waals surface area contributed by atoms with Crippen LogP contribution in [0.15, 0.2) is 18.2 Å². The van der Waals surface area contributed by atoms with Gasteiger partial charge in [-0.1, -0.05) is 13.0 Å². The lowest BCUT2D eigenvalue weighted by atomic mass is 10.2. The van der Waals surface area contributed by atoms with Gasteiger partial charge in [0.15, 0.2) is 17.6 Å². The summed E-state index contributed by atoms with van der Waals surface area (Å²) >= 11 is 0. The van der Waals surface area contributed by atoms with Crippen LogP contribution in [0.1, 0.15) is 18.9 Å². The van der Waals surface area contributed by atoms with Crippen LogP contribution in [-0.2, 0) is 6.54 Å². The molecule has 0 aliphatic heterocycles.